The summed E-state index contributed by atoms with van der Waals surface area (Å²) in [5.41, 5.74) is 4.59. The molecule has 46 heavy (non-hydrogen) atoms. The molecule has 5 nitrogen and oxygen atoms in total. The predicted molar refractivity (Wildman–Crippen MR) is 179 cm³/mol. The molecule has 0 bridgehead atoms. The first kappa shape index (κ1) is 33.0. The standard InChI is InChI=1S/C39H42F2N2O3/c1-27(2)23-26-46-38(45)36(31-9-5-4-6-10-31)43-24-21-29(22-25-43)28-15-19-33(20-16-28)42-37(44)35-12-8-7-11-34(35)30-13-17-32(18-14-30)39(3,40)41/h4-20,27,29,36H,21-26H2,1-3H3,(H,42,44). The van der Waals surface area contributed by atoms with E-state index in [1.165, 1.54) is 17.7 Å². The third kappa shape index (κ3) is 8.26. The van der Waals surface area contributed by atoms with E-state index in [0.717, 1.165) is 44.8 Å². The Hall–Kier alpha value is -4.36. The molecule has 0 radical (unpaired) electrons. The third-order valence-corrected chi connectivity index (χ3v) is 8.69. The van der Waals surface area contributed by atoms with Crippen molar-refractivity contribution in [1.82, 2.24) is 4.90 Å². The number of nitrogens with zero attached hydrogens (tertiary/aromatic N) is 1. The Labute approximate surface area is 270 Å². The molecule has 1 unspecified atom stereocenters. The Morgan fingerprint density at radius 2 is 1.50 bits per heavy atom. The molecule has 1 amide bonds. The van der Waals surface area contributed by atoms with Gasteiger partial charge in [0, 0.05) is 23.7 Å². The number of anilines is 1. The number of hydrogen-bond acceptors (Lipinski definition) is 4. The minimum atomic E-state index is -2.93. The van der Waals surface area contributed by atoms with Gasteiger partial charge in [0.05, 0.1) is 6.61 Å². The number of amides is 1. The Morgan fingerprint density at radius 1 is 0.870 bits per heavy atom. The molecular weight excluding hydrogens is 582 g/mol. The molecule has 0 aromatic heterocycles. The fourth-order valence-electron chi connectivity index (χ4n) is 6.01. The minimum Gasteiger partial charge on any atom is -0.464 e. The highest BCUT2D eigenvalue weighted by Gasteiger charge is 2.32. The summed E-state index contributed by atoms with van der Waals surface area (Å²) >= 11 is 0. The van der Waals surface area contributed by atoms with Crippen LogP contribution in [0.4, 0.5) is 14.5 Å². The van der Waals surface area contributed by atoms with Crippen molar-refractivity contribution in [3.05, 3.63) is 125 Å². The largest absolute Gasteiger partial charge is 0.464 e. The lowest BCUT2D eigenvalue weighted by Gasteiger charge is -2.36. The lowest BCUT2D eigenvalue weighted by atomic mass is 9.88. The van der Waals surface area contributed by atoms with Crippen LogP contribution in [0.5, 0.6) is 0 Å². The molecule has 4 aromatic carbocycles. The van der Waals surface area contributed by atoms with Crippen molar-refractivity contribution < 1.29 is 23.1 Å². The Bertz CT molecular complexity index is 1590. The van der Waals surface area contributed by atoms with Crippen LogP contribution in [-0.2, 0) is 15.5 Å². The third-order valence-electron chi connectivity index (χ3n) is 8.69. The number of carbonyl (C=O) groups is 2. The first-order valence-electron chi connectivity index (χ1n) is 16.0. The van der Waals surface area contributed by atoms with E-state index in [1.807, 2.05) is 54.6 Å². The normalized spacial score (nSPS) is 15.0. The first-order chi connectivity index (χ1) is 22.1. The Balaban J connectivity index is 1.21. The van der Waals surface area contributed by atoms with Gasteiger partial charge in [0.1, 0.15) is 6.04 Å². The Kier molecular flexibility index (Phi) is 10.6. The number of nitrogens with one attached hydrogen (secondary N) is 1. The lowest BCUT2D eigenvalue weighted by Crippen LogP contribution is -2.40. The number of halogens is 2. The van der Waals surface area contributed by atoms with Gasteiger partial charge in [-0.1, -0.05) is 98.8 Å². The van der Waals surface area contributed by atoms with Crippen LogP contribution in [0.3, 0.4) is 0 Å². The van der Waals surface area contributed by atoms with Crippen molar-refractivity contribution >= 4 is 17.6 Å². The summed E-state index contributed by atoms with van der Waals surface area (Å²) in [6.45, 7) is 7.08. The maximum absolute atomic E-state index is 13.7. The number of ether oxygens (including phenoxy) is 1. The second kappa shape index (κ2) is 14.8. The predicted octanol–water partition coefficient (Wildman–Crippen LogP) is 9.23. The van der Waals surface area contributed by atoms with Gasteiger partial charge >= 0.3 is 5.97 Å². The molecule has 7 heteroatoms. The number of esters is 1. The van der Waals surface area contributed by atoms with Crippen molar-refractivity contribution in [3.63, 3.8) is 0 Å². The minimum absolute atomic E-state index is 0.0698. The van der Waals surface area contributed by atoms with E-state index in [2.05, 4.69) is 36.2 Å². The number of rotatable bonds is 11. The smallest absolute Gasteiger partial charge is 0.328 e. The molecule has 0 saturated carbocycles. The number of carbonyl (C=O) groups excluding carboxylic acids is 2. The van der Waals surface area contributed by atoms with E-state index in [0.29, 0.717) is 40.8 Å². The van der Waals surface area contributed by atoms with Gasteiger partial charge in [-0.05, 0) is 84.6 Å². The molecule has 1 aliphatic rings. The number of likely N-dealkylation sites (tertiary alicyclic amines) is 1. The molecule has 0 aliphatic carbocycles. The summed E-state index contributed by atoms with van der Waals surface area (Å²) in [5.74, 6) is -2.57. The maximum atomic E-state index is 13.7. The van der Waals surface area contributed by atoms with Gasteiger partial charge in [-0.15, -0.1) is 0 Å². The van der Waals surface area contributed by atoms with Gasteiger partial charge in [-0.25, -0.2) is 13.6 Å². The van der Waals surface area contributed by atoms with Gasteiger partial charge in [-0.3, -0.25) is 9.69 Å². The lowest BCUT2D eigenvalue weighted by molar-refractivity contribution is -0.151. The van der Waals surface area contributed by atoms with Crippen LogP contribution in [0.25, 0.3) is 11.1 Å². The van der Waals surface area contributed by atoms with Gasteiger partial charge in [0.2, 0.25) is 0 Å². The quantitative estimate of drug-likeness (QED) is 0.169. The van der Waals surface area contributed by atoms with E-state index >= 15 is 0 Å². The van der Waals surface area contributed by atoms with E-state index in [1.54, 1.807) is 24.3 Å². The average Bonchev–Trinajstić information content (AvgIpc) is 3.05. The average molecular weight is 625 g/mol. The van der Waals surface area contributed by atoms with E-state index in [9.17, 15) is 18.4 Å². The summed E-state index contributed by atoms with van der Waals surface area (Å²) in [6, 6.07) is 30.6. The highest BCUT2D eigenvalue weighted by atomic mass is 19.3. The summed E-state index contributed by atoms with van der Waals surface area (Å²) in [5, 5.41) is 2.99. The molecule has 240 valence electrons. The van der Waals surface area contributed by atoms with Gasteiger partial charge in [0.25, 0.3) is 11.8 Å². The number of piperidine rings is 1. The zero-order valence-corrected chi connectivity index (χ0v) is 26.7. The van der Waals surface area contributed by atoms with Crippen LogP contribution in [0.2, 0.25) is 0 Å². The fraction of sp³-hybridized carbons (Fsp3) is 0.333. The van der Waals surface area contributed by atoms with Crippen molar-refractivity contribution in [1.29, 1.82) is 0 Å². The van der Waals surface area contributed by atoms with Gasteiger partial charge in [0.15, 0.2) is 0 Å². The van der Waals surface area contributed by atoms with E-state index < -0.39 is 12.0 Å². The molecule has 1 fully saturated rings. The number of hydrogen-bond donors (Lipinski definition) is 1. The summed E-state index contributed by atoms with van der Waals surface area (Å²) < 4.78 is 33.1. The molecule has 1 N–H and O–H groups in total. The summed E-state index contributed by atoms with van der Waals surface area (Å²) in [7, 11) is 0. The van der Waals surface area contributed by atoms with Crippen LogP contribution in [0, 0.1) is 5.92 Å². The first-order valence-corrected chi connectivity index (χ1v) is 16.0. The highest BCUT2D eigenvalue weighted by Crippen LogP contribution is 2.34. The molecule has 1 atom stereocenters. The highest BCUT2D eigenvalue weighted by molar-refractivity contribution is 6.08. The number of alkyl halides is 2. The van der Waals surface area contributed by atoms with E-state index in [-0.39, 0.29) is 17.4 Å². The second-order valence-corrected chi connectivity index (χ2v) is 12.6. The van der Waals surface area contributed by atoms with Crippen LogP contribution in [0.1, 0.15) is 79.0 Å². The van der Waals surface area contributed by atoms with Crippen molar-refractivity contribution in [3.8, 4) is 11.1 Å². The molecular formula is C39H42F2N2O3. The summed E-state index contributed by atoms with van der Waals surface area (Å²) in [4.78, 5) is 28.8. The second-order valence-electron chi connectivity index (χ2n) is 12.6. The zero-order valence-electron chi connectivity index (χ0n) is 26.7. The molecule has 5 rings (SSSR count). The molecule has 1 aliphatic heterocycles. The molecule has 4 aromatic rings. The van der Waals surface area contributed by atoms with Crippen molar-refractivity contribution in [2.24, 2.45) is 5.92 Å². The Morgan fingerprint density at radius 3 is 2.13 bits per heavy atom. The molecule has 0 spiro atoms. The van der Waals surface area contributed by atoms with Crippen LogP contribution >= 0.6 is 0 Å². The fourth-order valence-corrected chi connectivity index (χ4v) is 6.01. The topological polar surface area (TPSA) is 58.6 Å². The van der Waals surface area contributed by atoms with Crippen LogP contribution < -0.4 is 5.32 Å². The zero-order chi connectivity index (χ0) is 32.7. The monoisotopic (exact) mass is 624 g/mol. The van der Waals surface area contributed by atoms with Crippen molar-refractivity contribution in [2.75, 3.05) is 25.0 Å². The van der Waals surface area contributed by atoms with E-state index in [4.69, 9.17) is 4.74 Å². The number of benzene rings is 4. The van der Waals surface area contributed by atoms with Gasteiger partial charge < -0.3 is 10.1 Å². The van der Waals surface area contributed by atoms with Crippen LogP contribution in [0.15, 0.2) is 103 Å². The molecule has 1 heterocycles. The SMILES string of the molecule is CC(C)CCOC(=O)C(c1ccccc1)N1CCC(c2ccc(NC(=O)c3ccccc3-c3ccc(C(C)(F)F)cc3)cc2)CC1. The maximum Gasteiger partial charge on any atom is 0.328 e. The summed E-state index contributed by atoms with van der Waals surface area (Å²) in [6.07, 6.45) is 2.66. The molecule has 1 saturated heterocycles. The van der Waals surface area contributed by atoms with Crippen LogP contribution in [-0.4, -0.2) is 36.5 Å². The van der Waals surface area contributed by atoms with Crippen molar-refractivity contribution in [2.45, 2.75) is 57.9 Å². The van der Waals surface area contributed by atoms with Gasteiger partial charge in [-0.2, -0.15) is 0 Å².